The third-order valence-electron chi connectivity index (χ3n) is 7.10. The van der Waals surface area contributed by atoms with Crippen LogP contribution < -0.4 is 0 Å². The van der Waals surface area contributed by atoms with Gasteiger partial charge in [-0.15, -0.1) is 5.10 Å². The van der Waals surface area contributed by atoms with Gasteiger partial charge >= 0.3 is 5.97 Å². The average Bonchev–Trinajstić information content (AvgIpc) is 3.46. The standard InChI is InChI=1S/C23H24F3N3O7/c1-22(2)32-9-15-18(36-22)17(20-23(35-15)5-4-14(34-23)19(33-20)21(30)31-3)29-8-13(27-28-29)10-6-11(24)16(26)12(25)7-10/h6-8,14-15,17-20H,4-5,9H2,1-3H3/t14?,15-,17+,18+,19?,20-,23+/m1/s1. The lowest BCUT2D eigenvalue weighted by atomic mass is 9.87. The molecule has 4 fully saturated rings. The van der Waals surface area contributed by atoms with E-state index >= 15 is 0 Å². The number of methoxy groups -OCH3 is 1. The van der Waals surface area contributed by atoms with Crippen molar-refractivity contribution in [1.82, 2.24) is 15.0 Å². The van der Waals surface area contributed by atoms with Gasteiger partial charge in [-0.3, -0.25) is 0 Å². The molecule has 5 heterocycles. The third kappa shape index (κ3) is 3.64. The molecule has 0 N–H and O–H groups in total. The predicted molar refractivity (Wildman–Crippen MR) is 112 cm³/mol. The van der Waals surface area contributed by atoms with E-state index in [4.69, 9.17) is 28.4 Å². The Balaban J connectivity index is 1.42. The molecule has 2 aromatic rings. The molecule has 13 heteroatoms. The number of rotatable bonds is 3. The van der Waals surface area contributed by atoms with Crippen molar-refractivity contribution in [3.63, 3.8) is 0 Å². The van der Waals surface area contributed by atoms with Crippen LogP contribution in [-0.2, 0) is 33.2 Å². The summed E-state index contributed by atoms with van der Waals surface area (Å²) < 4.78 is 78.5. The Morgan fingerprint density at radius 2 is 1.86 bits per heavy atom. The average molecular weight is 511 g/mol. The number of benzene rings is 1. The van der Waals surface area contributed by atoms with Gasteiger partial charge in [-0.2, -0.15) is 0 Å². The van der Waals surface area contributed by atoms with E-state index in [0.29, 0.717) is 12.8 Å². The molecule has 4 aliphatic heterocycles. The highest BCUT2D eigenvalue weighted by Gasteiger charge is 2.67. The molecule has 1 spiro atoms. The van der Waals surface area contributed by atoms with Gasteiger partial charge in [0.1, 0.15) is 30.0 Å². The van der Waals surface area contributed by atoms with Crippen LogP contribution >= 0.6 is 0 Å². The lowest BCUT2D eigenvalue weighted by molar-refractivity contribution is -0.427. The second-order valence-corrected chi connectivity index (χ2v) is 9.79. The van der Waals surface area contributed by atoms with Crippen molar-refractivity contribution in [3.8, 4) is 11.3 Å². The van der Waals surface area contributed by atoms with Crippen molar-refractivity contribution in [2.24, 2.45) is 0 Å². The molecule has 10 nitrogen and oxygen atoms in total. The van der Waals surface area contributed by atoms with Crippen LogP contribution in [-0.4, -0.2) is 76.8 Å². The SMILES string of the molecule is COC(=O)C1O[C@@H]2[C@@H](n3cc(-c4cc(F)c(F)c(F)c4)nn3)[C@H]3OC(C)(C)OC[C@H]3O[C@@]23CCC1O3. The van der Waals surface area contributed by atoms with E-state index in [1.807, 2.05) is 0 Å². The molecule has 4 saturated heterocycles. The first-order valence-electron chi connectivity index (χ1n) is 11.6. The van der Waals surface area contributed by atoms with E-state index in [1.165, 1.54) is 18.0 Å². The van der Waals surface area contributed by atoms with Crippen molar-refractivity contribution >= 4 is 5.97 Å². The van der Waals surface area contributed by atoms with Crippen LogP contribution in [0, 0.1) is 17.5 Å². The number of carbonyl (C=O) groups is 1. The Bertz CT molecular complexity index is 1190. The molecule has 6 rings (SSSR count). The first-order chi connectivity index (χ1) is 17.1. The highest BCUT2D eigenvalue weighted by atomic mass is 19.2. The summed E-state index contributed by atoms with van der Waals surface area (Å²) >= 11 is 0. The van der Waals surface area contributed by atoms with E-state index in [2.05, 4.69) is 10.3 Å². The van der Waals surface area contributed by atoms with Gasteiger partial charge in [-0.05, 0) is 32.4 Å². The molecule has 0 radical (unpaired) electrons. The summed E-state index contributed by atoms with van der Waals surface area (Å²) in [6.45, 7) is 3.71. The highest BCUT2D eigenvalue weighted by Crippen LogP contribution is 2.53. The first-order valence-corrected chi connectivity index (χ1v) is 11.6. The van der Waals surface area contributed by atoms with Crippen LogP contribution in [0.25, 0.3) is 11.3 Å². The van der Waals surface area contributed by atoms with E-state index in [9.17, 15) is 18.0 Å². The molecule has 0 aliphatic carbocycles. The maximum absolute atomic E-state index is 13.9. The quantitative estimate of drug-likeness (QED) is 0.454. The number of ether oxygens (including phenoxy) is 6. The van der Waals surface area contributed by atoms with E-state index in [1.54, 1.807) is 13.8 Å². The number of fused-ring (bicyclic) bond motifs is 2. The number of esters is 1. The van der Waals surface area contributed by atoms with Gasteiger partial charge in [-0.1, -0.05) is 5.21 Å². The zero-order valence-electron chi connectivity index (χ0n) is 19.7. The van der Waals surface area contributed by atoms with Crippen molar-refractivity contribution in [2.45, 2.75) is 74.8 Å². The summed E-state index contributed by atoms with van der Waals surface area (Å²) in [6.07, 6.45) is -1.25. The number of hydrogen-bond acceptors (Lipinski definition) is 9. The maximum atomic E-state index is 13.9. The van der Waals surface area contributed by atoms with Gasteiger partial charge in [0.15, 0.2) is 35.1 Å². The van der Waals surface area contributed by atoms with E-state index in [0.717, 1.165) is 12.1 Å². The molecule has 1 aromatic carbocycles. The minimum absolute atomic E-state index is 0.00150. The van der Waals surface area contributed by atoms with Crippen LogP contribution in [0.3, 0.4) is 0 Å². The molecule has 194 valence electrons. The van der Waals surface area contributed by atoms with Crippen molar-refractivity contribution in [2.75, 3.05) is 13.7 Å². The molecule has 7 atom stereocenters. The lowest BCUT2D eigenvalue weighted by Gasteiger charge is -2.56. The number of aromatic nitrogens is 3. The van der Waals surface area contributed by atoms with Crippen LogP contribution in [0.5, 0.6) is 0 Å². The summed E-state index contributed by atoms with van der Waals surface area (Å²) in [4.78, 5) is 12.5. The normalized spacial score (nSPS) is 36.7. The summed E-state index contributed by atoms with van der Waals surface area (Å²) in [5.41, 5.74) is 0.0973. The molecule has 4 aliphatic rings. The zero-order chi connectivity index (χ0) is 25.4. The summed E-state index contributed by atoms with van der Waals surface area (Å²) in [7, 11) is 1.27. The van der Waals surface area contributed by atoms with Crippen LogP contribution in [0.15, 0.2) is 18.3 Å². The van der Waals surface area contributed by atoms with Gasteiger partial charge in [0.25, 0.3) is 0 Å². The van der Waals surface area contributed by atoms with Crippen molar-refractivity contribution in [3.05, 3.63) is 35.8 Å². The fourth-order valence-electron chi connectivity index (χ4n) is 5.49. The lowest BCUT2D eigenvalue weighted by Crippen LogP contribution is -2.70. The first kappa shape index (κ1) is 23.8. The third-order valence-corrected chi connectivity index (χ3v) is 7.10. The minimum atomic E-state index is -1.57. The molecular formula is C23H24F3N3O7. The minimum Gasteiger partial charge on any atom is -0.467 e. The topological polar surface area (TPSA) is 103 Å². The molecule has 1 aromatic heterocycles. The zero-order valence-corrected chi connectivity index (χ0v) is 19.7. The van der Waals surface area contributed by atoms with Crippen LogP contribution in [0.1, 0.15) is 32.7 Å². The maximum Gasteiger partial charge on any atom is 0.337 e. The summed E-state index contributed by atoms with van der Waals surface area (Å²) in [5.74, 6) is -7.01. The Morgan fingerprint density at radius 1 is 1.14 bits per heavy atom. The largest absolute Gasteiger partial charge is 0.467 e. The molecule has 0 amide bonds. The highest BCUT2D eigenvalue weighted by molar-refractivity contribution is 5.75. The molecular weight excluding hydrogens is 487 g/mol. The Kier molecular flexibility index (Phi) is 5.43. The Labute approximate surface area is 203 Å². The number of carbonyl (C=O) groups excluding carboxylic acids is 1. The summed E-state index contributed by atoms with van der Waals surface area (Å²) in [5, 5.41) is 8.25. The second-order valence-electron chi connectivity index (χ2n) is 9.79. The Hall–Kier alpha value is -2.58. The van der Waals surface area contributed by atoms with E-state index < -0.39 is 71.6 Å². The second kappa shape index (κ2) is 8.21. The number of halogens is 3. The van der Waals surface area contributed by atoms with Crippen LogP contribution in [0.2, 0.25) is 0 Å². The fourth-order valence-corrected chi connectivity index (χ4v) is 5.49. The summed E-state index contributed by atoms with van der Waals surface area (Å²) in [6, 6.07) is 0.948. The molecule has 2 bridgehead atoms. The number of hydrogen-bond donors (Lipinski definition) is 0. The smallest absolute Gasteiger partial charge is 0.337 e. The van der Waals surface area contributed by atoms with Gasteiger partial charge in [0.05, 0.1) is 26.0 Å². The fraction of sp³-hybridized carbons (Fsp3) is 0.609. The Morgan fingerprint density at radius 3 is 2.58 bits per heavy atom. The van der Waals surface area contributed by atoms with Crippen molar-refractivity contribution < 1.29 is 46.4 Å². The van der Waals surface area contributed by atoms with Gasteiger partial charge in [-0.25, -0.2) is 22.6 Å². The van der Waals surface area contributed by atoms with Crippen LogP contribution in [0.4, 0.5) is 13.2 Å². The molecule has 36 heavy (non-hydrogen) atoms. The molecule has 0 saturated carbocycles. The number of nitrogens with zero attached hydrogens (tertiary/aromatic N) is 3. The molecule has 2 unspecified atom stereocenters. The predicted octanol–water partition coefficient (Wildman–Crippen LogP) is 2.27. The van der Waals surface area contributed by atoms with E-state index in [-0.39, 0.29) is 17.9 Å². The van der Waals surface area contributed by atoms with Gasteiger partial charge in [0, 0.05) is 12.0 Å². The van der Waals surface area contributed by atoms with Crippen molar-refractivity contribution in [1.29, 1.82) is 0 Å². The van der Waals surface area contributed by atoms with Gasteiger partial charge < -0.3 is 28.4 Å². The van der Waals surface area contributed by atoms with Gasteiger partial charge in [0.2, 0.25) is 0 Å². The monoisotopic (exact) mass is 511 g/mol.